The number of carbonyl (C=O) groups is 5. The number of rotatable bonds is 85. The number of ether oxygens (including phenoxy) is 24. The van der Waals surface area contributed by atoms with E-state index in [4.69, 9.17) is 119 Å². The van der Waals surface area contributed by atoms with Crippen molar-refractivity contribution >= 4 is 38.9 Å². The molecule has 1 heterocycles. The highest BCUT2D eigenvalue weighted by atomic mass is 28.2. The van der Waals surface area contributed by atoms with Crippen LogP contribution in [0.25, 0.3) is 0 Å². The molecule has 3 unspecified atom stereocenters. The van der Waals surface area contributed by atoms with Gasteiger partial charge in [-0.1, -0.05) is 33.2 Å². The van der Waals surface area contributed by atoms with Gasteiger partial charge in [-0.2, -0.15) is 0 Å². The van der Waals surface area contributed by atoms with Crippen LogP contribution in [0.15, 0.2) is 0 Å². The lowest BCUT2D eigenvalue weighted by atomic mass is 9.96. The van der Waals surface area contributed by atoms with Crippen molar-refractivity contribution < 1.29 is 138 Å². The summed E-state index contributed by atoms with van der Waals surface area (Å²) in [5, 5.41) is 5.62. The Balaban J connectivity index is 1.71. The Bertz CT molecular complexity index is 1900. The zero-order valence-electron chi connectivity index (χ0n) is 63.1. The third kappa shape index (κ3) is 64.7. The highest BCUT2D eigenvalue weighted by Crippen LogP contribution is 2.29. The third-order valence-electron chi connectivity index (χ3n) is 14.4. The topological polar surface area (TPSA) is 360 Å². The predicted molar refractivity (Wildman–Crippen MR) is 381 cm³/mol. The first-order chi connectivity index (χ1) is 50.5. The first-order valence-corrected chi connectivity index (χ1v) is 38.6. The summed E-state index contributed by atoms with van der Waals surface area (Å²) < 4.78 is 132. The summed E-state index contributed by atoms with van der Waals surface area (Å²) in [6, 6.07) is -1.97. The van der Waals surface area contributed by atoms with Crippen molar-refractivity contribution in [1.29, 1.82) is 0 Å². The lowest BCUT2D eigenvalue weighted by Crippen LogP contribution is -2.56. The number of likely N-dealkylation sites (tertiary alicyclic amines) is 1. The molecule has 1 aliphatic heterocycles. The highest BCUT2D eigenvalue weighted by molar-refractivity contribution is 6.48. The third-order valence-corrected chi connectivity index (χ3v) is 16.6. The summed E-state index contributed by atoms with van der Waals surface area (Å²) in [5.74, 6) is -2.01. The number of imide groups is 1. The van der Waals surface area contributed by atoms with Crippen LogP contribution in [-0.4, -0.2) is 387 Å². The van der Waals surface area contributed by atoms with Crippen LogP contribution >= 0.6 is 0 Å². The zero-order chi connectivity index (χ0) is 74.6. The summed E-state index contributed by atoms with van der Waals surface area (Å²) in [5.41, 5.74) is 5.91. The second-order valence-corrected chi connectivity index (χ2v) is 26.8. The van der Waals surface area contributed by atoms with Crippen LogP contribution in [-0.2, 0) is 138 Å². The first-order valence-electron chi connectivity index (χ1n) is 37.0. The molecular formula is C69H134N4O29Si. The fourth-order valence-corrected chi connectivity index (χ4v) is 11.1. The number of carbonyl (C=O) groups excluding carboxylic acids is 5. The molecule has 1 fully saturated rings. The molecular weight excluding hydrogens is 1380 g/mol. The smallest absolute Gasteiger partial charge is 0.245 e. The molecule has 34 heteroatoms. The van der Waals surface area contributed by atoms with Gasteiger partial charge in [0, 0.05) is 54.0 Å². The molecule has 1 aliphatic rings. The zero-order valence-corrected chi connectivity index (χ0v) is 64.6. The van der Waals surface area contributed by atoms with Crippen molar-refractivity contribution in [3.05, 3.63) is 0 Å². The van der Waals surface area contributed by atoms with Gasteiger partial charge in [-0.15, -0.1) is 0 Å². The lowest BCUT2D eigenvalue weighted by Gasteiger charge is -2.27. The van der Waals surface area contributed by atoms with Crippen molar-refractivity contribution in [2.24, 2.45) is 11.7 Å². The molecule has 0 saturated carbocycles. The van der Waals surface area contributed by atoms with Crippen molar-refractivity contribution in [3.63, 3.8) is 0 Å². The maximum Gasteiger partial charge on any atom is 0.245 e. The second-order valence-electron chi connectivity index (χ2n) is 23.7. The molecule has 0 aromatic carbocycles. The number of nitrogens with two attached hydrogens (primary N) is 1. The van der Waals surface area contributed by atoms with Crippen LogP contribution in [0, 0.1) is 5.92 Å². The van der Waals surface area contributed by atoms with Crippen molar-refractivity contribution in [1.82, 2.24) is 15.5 Å². The fourth-order valence-electron chi connectivity index (χ4n) is 9.12. The van der Waals surface area contributed by atoms with Crippen LogP contribution in [0.3, 0.4) is 0 Å². The summed E-state index contributed by atoms with van der Waals surface area (Å²) in [7, 11) is 0.789. The van der Waals surface area contributed by atoms with Gasteiger partial charge < -0.3 is 130 Å². The van der Waals surface area contributed by atoms with Crippen LogP contribution in [0.1, 0.15) is 59.8 Å². The Morgan fingerprint density at radius 2 is 0.650 bits per heavy atom. The van der Waals surface area contributed by atoms with Gasteiger partial charge in [0.05, 0.1) is 317 Å². The number of hydrogen-bond acceptors (Lipinski definition) is 30. The first kappa shape index (κ1) is 98.0. The number of unbranched alkanes of at least 4 members (excludes halogenated alkanes) is 1. The Morgan fingerprint density at radius 3 is 0.883 bits per heavy atom. The Kier molecular flexibility index (Phi) is 73.4. The van der Waals surface area contributed by atoms with E-state index in [0.29, 0.717) is 335 Å². The van der Waals surface area contributed by atoms with Crippen molar-refractivity contribution in [2.45, 2.75) is 83.0 Å². The molecule has 608 valence electrons. The number of hydrogen-bond donors (Lipinski definition) is 3. The Hall–Kier alpha value is -3.03. The predicted octanol–water partition coefficient (Wildman–Crippen LogP) is 0.273. The molecule has 4 N–H and O–H groups in total. The van der Waals surface area contributed by atoms with Gasteiger partial charge in [0.2, 0.25) is 23.6 Å². The molecule has 0 spiro atoms. The molecule has 3 atom stereocenters. The van der Waals surface area contributed by atoms with Gasteiger partial charge >= 0.3 is 0 Å². The number of nitrogens with one attached hydrogen (secondary N) is 2. The van der Waals surface area contributed by atoms with Crippen molar-refractivity contribution in [3.8, 4) is 0 Å². The number of nitrogens with zero attached hydrogens (tertiary/aromatic N) is 1. The number of amides is 4. The molecule has 0 bridgehead atoms. The number of ketones is 1. The van der Waals surface area contributed by atoms with Gasteiger partial charge in [0.25, 0.3) is 0 Å². The van der Waals surface area contributed by atoms with E-state index < -0.39 is 33.4 Å². The Morgan fingerprint density at radius 1 is 0.398 bits per heavy atom. The van der Waals surface area contributed by atoms with E-state index in [2.05, 4.69) is 10.6 Å². The van der Waals surface area contributed by atoms with E-state index in [-0.39, 0.29) is 55.0 Å². The van der Waals surface area contributed by atoms with Gasteiger partial charge in [0.15, 0.2) is 5.78 Å². The number of methoxy groups -OCH3 is 1. The fraction of sp³-hybridized carbons (Fsp3) is 0.928. The van der Waals surface area contributed by atoms with E-state index in [0.717, 1.165) is 4.90 Å². The minimum absolute atomic E-state index is 0.108. The molecule has 1 rings (SSSR count). The molecule has 33 nitrogen and oxygen atoms in total. The largest absolute Gasteiger partial charge is 0.382 e. The summed E-state index contributed by atoms with van der Waals surface area (Å²) in [6.07, 6.45) is 1.76. The molecule has 0 aliphatic carbocycles. The normalized spacial score (nSPS) is 14.1. The molecule has 0 aromatic rings. The van der Waals surface area contributed by atoms with Crippen LogP contribution in [0.4, 0.5) is 0 Å². The summed E-state index contributed by atoms with van der Waals surface area (Å²) >= 11 is 0. The second kappa shape index (κ2) is 77.1. The van der Waals surface area contributed by atoms with E-state index in [1.54, 1.807) is 21.0 Å². The van der Waals surface area contributed by atoms with Gasteiger partial charge in [-0.05, 0) is 19.3 Å². The van der Waals surface area contributed by atoms with E-state index in [1.165, 1.54) is 0 Å². The Labute approximate surface area is 615 Å². The molecule has 4 amide bonds. The average molecular weight is 1510 g/mol. The maximum atomic E-state index is 13.3. The SMILES string of the molecule is COCCOCCOCCOCCOCCOCCOCCOCCOCCOCCOCCOCCOCCOCCOCCOCCOCCOCCOCCOCCOCCOCCOCCOCCC(=O)NCCCCC(NC(=O)C(CN)N1C(=O)CC([SiH2]C(C)C)C1=O)C(=O)C(C)C. The molecule has 0 radical (unpaired) electrons. The van der Waals surface area contributed by atoms with Crippen LogP contribution in [0.5, 0.6) is 0 Å². The summed E-state index contributed by atoms with van der Waals surface area (Å²) in [4.78, 5) is 65.5. The van der Waals surface area contributed by atoms with E-state index in [1.807, 2.05) is 13.8 Å². The standard InChI is InChI=1S/C69H134N4O29Si/c1-60(2)67(76)62(72-68(77)63(59-70)73-66(75)58-64(69(73)78)103-61(3)4)8-6-7-10-71-65(74)9-11-80-14-15-82-18-19-84-22-23-86-26-27-88-30-31-90-34-35-92-38-39-94-42-43-96-46-47-98-50-51-100-54-55-102-57-56-101-53-52-99-49-48-97-45-44-95-41-40-93-37-36-91-33-32-89-29-28-87-25-24-85-21-20-83-17-16-81-13-12-79-5/h60-64H,6-59,70,103H2,1-5H3,(H,71,74)(H,72,77). The van der Waals surface area contributed by atoms with Crippen molar-refractivity contribution in [2.75, 3.05) is 331 Å². The lowest BCUT2D eigenvalue weighted by molar-refractivity contribution is -0.146. The molecule has 103 heavy (non-hydrogen) atoms. The van der Waals surface area contributed by atoms with Gasteiger partial charge in [-0.25, -0.2) is 0 Å². The van der Waals surface area contributed by atoms with Crippen LogP contribution in [0.2, 0.25) is 11.1 Å². The maximum absolute atomic E-state index is 13.3. The van der Waals surface area contributed by atoms with E-state index in [9.17, 15) is 24.0 Å². The minimum Gasteiger partial charge on any atom is -0.382 e. The highest BCUT2D eigenvalue weighted by Gasteiger charge is 2.45. The van der Waals surface area contributed by atoms with E-state index >= 15 is 0 Å². The van der Waals surface area contributed by atoms with Gasteiger partial charge in [0.1, 0.15) is 6.04 Å². The average Bonchev–Trinajstić information content (AvgIpc) is 1.67. The minimum atomic E-state index is -1.16. The molecule has 1 saturated heterocycles. The summed E-state index contributed by atoms with van der Waals surface area (Å²) in [6.45, 7) is 29.7. The molecule has 0 aromatic heterocycles. The van der Waals surface area contributed by atoms with Crippen LogP contribution < -0.4 is 16.4 Å². The number of Topliss-reactive ketones (excluding diaryl/α,β-unsaturated/α-hetero) is 1. The quantitative estimate of drug-likeness (QED) is 0.0418. The monoisotopic (exact) mass is 1510 g/mol. The van der Waals surface area contributed by atoms with Gasteiger partial charge in [-0.3, -0.25) is 28.9 Å².